The predicted octanol–water partition coefficient (Wildman–Crippen LogP) is 4.44. The predicted molar refractivity (Wildman–Crippen MR) is 122 cm³/mol. The van der Waals surface area contributed by atoms with Crippen LogP contribution in [0.25, 0.3) is 27.3 Å². The number of carbonyl (C=O) groups is 1. The molecule has 0 atom stereocenters. The van der Waals surface area contributed by atoms with Gasteiger partial charge in [0.05, 0.1) is 19.6 Å². The van der Waals surface area contributed by atoms with Gasteiger partial charge >= 0.3 is 6.09 Å². The van der Waals surface area contributed by atoms with Crippen molar-refractivity contribution in [1.29, 1.82) is 0 Å². The second-order valence-electron chi connectivity index (χ2n) is 7.49. The standard InChI is InChI=1S/C23H24N2O5S/c1-24-13-18(15-4-5-19(29-2)20(11-15)30-3)21-17(22(24)26)12-16(31-21)10-14-6-8-25(9-7-14)23(27)28/h4-5,10-13H,6-9H2,1-3H3,(H,27,28). The molecule has 8 heteroatoms. The molecule has 0 aliphatic carbocycles. The normalized spacial score (nSPS) is 14.0. The van der Waals surface area contributed by atoms with Crippen molar-refractivity contribution in [3.8, 4) is 22.6 Å². The fourth-order valence-electron chi connectivity index (χ4n) is 3.88. The highest BCUT2D eigenvalue weighted by Gasteiger charge is 2.19. The summed E-state index contributed by atoms with van der Waals surface area (Å²) in [6, 6.07) is 7.67. The molecule has 1 amide bonds. The number of ether oxygens (including phenoxy) is 2. The van der Waals surface area contributed by atoms with Crippen molar-refractivity contribution in [1.82, 2.24) is 9.47 Å². The summed E-state index contributed by atoms with van der Waals surface area (Å²) in [6.45, 7) is 1.01. The van der Waals surface area contributed by atoms with Crippen LogP contribution in [0, 0.1) is 0 Å². The third kappa shape index (κ3) is 4.03. The molecule has 1 aliphatic rings. The zero-order valence-electron chi connectivity index (χ0n) is 17.7. The Morgan fingerprint density at radius 1 is 1.13 bits per heavy atom. The van der Waals surface area contributed by atoms with Crippen molar-refractivity contribution in [2.24, 2.45) is 7.05 Å². The van der Waals surface area contributed by atoms with Crippen molar-refractivity contribution in [3.63, 3.8) is 0 Å². The van der Waals surface area contributed by atoms with Crippen molar-refractivity contribution in [3.05, 3.63) is 51.3 Å². The summed E-state index contributed by atoms with van der Waals surface area (Å²) in [5.41, 5.74) is 3.05. The quantitative estimate of drug-likeness (QED) is 0.649. The number of aryl methyl sites for hydroxylation is 1. The molecule has 1 N–H and O–H groups in total. The number of aromatic nitrogens is 1. The molecule has 0 radical (unpaired) electrons. The third-order valence-corrected chi connectivity index (χ3v) is 6.70. The number of methoxy groups -OCH3 is 2. The van der Waals surface area contributed by atoms with Crippen LogP contribution < -0.4 is 15.0 Å². The second kappa shape index (κ2) is 8.47. The van der Waals surface area contributed by atoms with E-state index in [1.165, 1.54) is 10.5 Å². The number of likely N-dealkylation sites (tertiary alicyclic amines) is 1. The molecule has 3 heterocycles. The topological polar surface area (TPSA) is 81.0 Å². The molecule has 1 aromatic carbocycles. The first kappa shape index (κ1) is 21.0. The van der Waals surface area contributed by atoms with Crippen LogP contribution in [0.2, 0.25) is 0 Å². The highest BCUT2D eigenvalue weighted by Crippen LogP contribution is 2.38. The summed E-state index contributed by atoms with van der Waals surface area (Å²) < 4.78 is 13.3. The number of nitrogens with zero attached hydrogens (tertiary/aromatic N) is 2. The van der Waals surface area contributed by atoms with Crippen LogP contribution >= 0.6 is 11.3 Å². The summed E-state index contributed by atoms with van der Waals surface area (Å²) in [6.07, 6.45) is 4.50. The Hall–Kier alpha value is -3.26. The highest BCUT2D eigenvalue weighted by atomic mass is 32.1. The van der Waals surface area contributed by atoms with Gasteiger partial charge in [-0.25, -0.2) is 4.79 Å². The van der Waals surface area contributed by atoms with Gasteiger partial charge in [0.2, 0.25) is 0 Å². The van der Waals surface area contributed by atoms with Crippen LogP contribution in [0.15, 0.2) is 40.8 Å². The molecule has 0 saturated carbocycles. The maximum atomic E-state index is 12.8. The molecule has 31 heavy (non-hydrogen) atoms. The minimum Gasteiger partial charge on any atom is -0.493 e. The number of hydrogen-bond acceptors (Lipinski definition) is 5. The zero-order valence-corrected chi connectivity index (χ0v) is 18.5. The fraction of sp³-hybridized carbons (Fsp3) is 0.304. The summed E-state index contributed by atoms with van der Waals surface area (Å²) in [5.74, 6) is 1.28. The van der Waals surface area contributed by atoms with Crippen LogP contribution in [0.1, 0.15) is 17.7 Å². The zero-order chi connectivity index (χ0) is 22.1. The molecular formula is C23H24N2O5S. The Labute approximate surface area is 183 Å². The maximum absolute atomic E-state index is 12.8. The lowest BCUT2D eigenvalue weighted by Gasteiger charge is -2.25. The van der Waals surface area contributed by atoms with Crippen molar-refractivity contribution >= 4 is 33.6 Å². The van der Waals surface area contributed by atoms with Crippen LogP contribution in [-0.2, 0) is 7.05 Å². The first-order valence-electron chi connectivity index (χ1n) is 9.94. The van der Waals surface area contributed by atoms with Gasteiger partial charge < -0.3 is 24.0 Å². The highest BCUT2D eigenvalue weighted by molar-refractivity contribution is 7.20. The average molecular weight is 441 g/mol. The third-order valence-electron chi connectivity index (χ3n) is 5.59. The lowest BCUT2D eigenvalue weighted by atomic mass is 10.0. The molecule has 0 spiro atoms. The van der Waals surface area contributed by atoms with E-state index in [0.717, 1.165) is 20.7 Å². The Kier molecular flexibility index (Phi) is 5.73. The molecule has 7 nitrogen and oxygen atoms in total. The summed E-state index contributed by atoms with van der Waals surface area (Å²) in [5, 5.41) is 9.81. The molecule has 0 unspecified atom stereocenters. The fourth-order valence-corrected chi connectivity index (χ4v) is 5.06. The molecule has 1 aliphatic heterocycles. The maximum Gasteiger partial charge on any atom is 0.407 e. The van der Waals surface area contributed by atoms with Crippen LogP contribution in [0.3, 0.4) is 0 Å². The van der Waals surface area contributed by atoms with Gasteiger partial charge in [-0.2, -0.15) is 0 Å². The molecule has 162 valence electrons. The number of hydrogen-bond donors (Lipinski definition) is 1. The Morgan fingerprint density at radius 2 is 1.84 bits per heavy atom. The minimum atomic E-state index is -0.871. The molecule has 2 aromatic heterocycles. The number of fused-ring (bicyclic) bond motifs is 1. The van der Waals surface area contributed by atoms with Crippen LogP contribution in [0.5, 0.6) is 11.5 Å². The van der Waals surface area contributed by atoms with Crippen molar-refractivity contribution in [2.45, 2.75) is 12.8 Å². The molecule has 1 saturated heterocycles. The van der Waals surface area contributed by atoms with E-state index in [-0.39, 0.29) is 5.56 Å². The molecule has 0 bridgehead atoms. The van der Waals surface area contributed by atoms with Crippen LogP contribution in [-0.4, -0.2) is 48.0 Å². The van der Waals surface area contributed by atoms with Gasteiger partial charge in [0, 0.05) is 41.5 Å². The lowest BCUT2D eigenvalue weighted by Crippen LogP contribution is -2.34. The number of thiophene rings is 1. The van der Waals surface area contributed by atoms with E-state index in [0.29, 0.717) is 42.8 Å². The van der Waals surface area contributed by atoms with Gasteiger partial charge in [0.1, 0.15) is 0 Å². The largest absolute Gasteiger partial charge is 0.493 e. The van der Waals surface area contributed by atoms with E-state index in [4.69, 9.17) is 14.6 Å². The van der Waals surface area contributed by atoms with E-state index < -0.39 is 6.09 Å². The van der Waals surface area contributed by atoms with E-state index in [1.54, 1.807) is 37.2 Å². The summed E-state index contributed by atoms with van der Waals surface area (Å²) in [7, 11) is 4.95. The first-order chi connectivity index (χ1) is 14.9. The molecule has 3 aromatic rings. The summed E-state index contributed by atoms with van der Waals surface area (Å²) >= 11 is 1.57. The molecular weight excluding hydrogens is 416 g/mol. The Balaban J connectivity index is 1.76. The minimum absolute atomic E-state index is 0.0409. The monoisotopic (exact) mass is 440 g/mol. The second-order valence-corrected chi connectivity index (χ2v) is 8.58. The van der Waals surface area contributed by atoms with Crippen molar-refractivity contribution < 1.29 is 19.4 Å². The van der Waals surface area contributed by atoms with Gasteiger partial charge in [-0.05, 0) is 42.7 Å². The number of pyridine rings is 1. The average Bonchev–Trinajstić information content (AvgIpc) is 3.20. The molecule has 4 rings (SSSR count). The SMILES string of the molecule is COc1ccc(-c2cn(C)c(=O)c3cc(C=C4CCN(C(=O)O)CC4)sc23)cc1OC. The van der Waals surface area contributed by atoms with Gasteiger partial charge in [0.25, 0.3) is 5.56 Å². The number of amides is 1. The smallest absolute Gasteiger partial charge is 0.407 e. The Bertz CT molecular complexity index is 1230. The van der Waals surface area contributed by atoms with E-state index in [2.05, 4.69) is 6.08 Å². The molecule has 1 fully saturated rings. The van der Waals surface area contributed by atoms with Gasteiger partial charge in [-0.1, -0.05) is 11.6 Å². The first-order valence-corrected chi connectivity index (χ1v) is 10.8. The van der Waals surface area contributed by atoms with E-state index in [9.17, 15) is 9.59 Å². The number of piperidine rings is 1. The summed E-state index contributed by atoms with van der Waals surface area (Å²) in [4.78, 5) is 26.3. The number of carboxylic acid groups (broad SMARTS) is 1. The van der Waals surface area contributed by atoms with Crippen molar-refractivity contribution in [2.75, 3.05) is 27.3 Å². The van der Waals surface area contributed by atoms with Gasteiger partial charge in [-0.15, -0.1) is 11.3 Å². The van der Waals surface area contributed by atoms with Gasteiger partial charge in [0.15, 0.2) is 11.5 Å². The number of benzene rings is 1. The lowest BCUT2D eigenvalue weighted by molar-refractivity contribution is 0.142. The van der Waals surface area contributed by atoms with E-state index >= 15 is 0 Å². The van der Waals surface area contributed by atoms with Crippen LogP contribution in [0.4, 0.5) is 4.79 Å². The van der Waals surface area contributed by atoms with E-state index in [1.807, 2.05) is 30.5 Å². The Morgan fingerprint density at radius 3 is 2.48 bits per heavy atom. The number of rotatable bonds is 4. The van der Waals surface area contributed by atoms with Gasteiger partial charge in [-0.3, -0.25) is 4.79 Å².